The average Bonchev–Trinajstić information content (AvgIpc) is 3.31. The SMILES string of the molecule is CC1(c2ccc(I)cc2)OC(=O)c2c(OC(=O)C3CC4C=CC3C4)cccc2O1. The quantitative estimate of drug-likeness (QED) is 0.261. The maximum Gasteiger partial charge on any atom is 0.349 e. The van der Waals surface area contributed by atoms with E-state index in [1.54, 1.807) is 25.1 Å². The minimum absolute atomic E-state index is 0.154. The zero-order chi connectivity index (χ0) is 20.2. The molecule has 1 fully saturated rings. The van der Waals surface area contributed by atoms with Gasteiger partial charge < -0.3 is 14.2 Å². The van der Waals surface area contributed by atoms with E-state index in [0.717, 1.165) is 22.0 Å². The van der Waals surface area contributed by atoms with Gasteiger partial charge in [-0.25, -0.2) is 4.79 Å². The molecule has 0 saturated heterocycles. The van der Waals surface area contributed by atoms with E-state index in [1.807, 2.05) is 24.3 Å². The fraction of sp³-hybridized carbons (Fsp3) is 0.304. The Kier molecular flexibility index (Phi) is 4.42. The van der Waals surface area contributed by atoms with Gasteiger partial charge in [0.15, 0.2) is 0 Å². The van der Waals surface area contributed by atoms with E-state index in [9.17, 15) is 9.59 Å². The fourth-order valence-electron chi connectivity index (χ4n) is 4.45. The largest absolute Gasteiger partial charge is 0.447 e. The molecule has 1 saturated carbocycles. The summed E-state index contributed by atoms with van der Waals surface area (Å²) in [5, 5.41) is 0. The van der Waals surface area contributed by atoms with Crippen LogP contribution in [0.5, 0.6) is 11.5 Å². The predicted octanol–water partition coefficient (Wildman–Crippen LogP) is 4.83. The van der Waals surface area contributed by atoms with Crippen LogP contribution in [0.25, 0.3) is 0 Å². The van der Waals surface area contributed by atoms with Crippen LogP contribution in [0.4, 0.5) is 0 Å². The predicted molar refractivity (Wildman–Crippen MR) is 113 cm³/mol. The number of hydrogen-bond donors (Lipinski definition) is 0. The molecule has 6 heteroatoms. The molecule has 2 bridgehead atoms. The molecule has 2 aromatic carbocycles. The molecule has 2 aromatic rings. The van der Waals surface area contributed by atoms with Crippen molar-refractivity contribution in [3.05, 3.63) is 69.3 Å². The number of ether oxygens (including phenoxy) is 3. The molecule has 4 unspecified atom stereocenters. The van der Waals surface area contributed by atoms with Gasteiger partial charge in [0, 0.05) is 16.1 Å². The standard InChI is InChI=1S/C23H19IO5/c1-23(15-7-9-16(24)10-8-15)28-19-4-2-3-18(20(19)22(26)29-23)27-21(25)17-12-13-5-6-14(17)11-13/h2-10,13-14,17H,11-12H2,1H3. The zero-order valence-electron chi connectivity index (χ0n) is 15.8. The molecular formula is C23H19IO5. The number of benzene rings is 2. The minimum atomic E-state index is -1.24. The molecule has 29 heavy (non-hydrogen) atoms. The van der Waals surface area contributed by atoms with Crippen LogP contribution < -0.4 is 9.47 Å². The van der Waals surface area contributed by atoms with Crippen molar-refractivity contribution in [3.8, 4) is 11.5 Å². The number of esters is 2. The fourth-order valence-corrected chi connectivity index (χ4v) is 4.81. The maximum absolute atomic E-state index is 12.9. The van der Waals surface area contributed by atoms with Crippen molar-refractivity contribution >= 4 is 34.5 Å². The first-order chi connectivity index (χ1) is 13.9. The lowest BCUT2D eigenvalue weighted by molar-refractivity contribution is -0.149. The van der Waals surface area contributed by atoms with Crippen LogP contribution in [0.1, 0.15) is 35.7 Å². The number of allylic oxidation sites excluding steroid dienone is 2. The Morgan fingerprint density at radius 2 is 1.90 bits per heavy atom. The number of cyclic esters (lactones) is 1. The summed E-state index contributed by atoms with van der Waals surface area (Å²) < 4.78 is 18.4. The van der Waals surface area contributed by atoms with E-state index in [2.05, 4.69) is 34.7 Å². The highest BCUT2D eigenvalue weighted by molar-refractivity contribution is 14.1. The van der Waals surface area contributed by atoms with Crippen LogP contribution in [0.2, 0.25) is 0 Å². The van der Waals surface area contributed by atoms with E-state index in [-0.39, 0.29) is 29.1 Å². The molecule has 0 N–H and O–H groups in total. The van der Waals surface area contributed by atoms with Crippen molar-refractivity contribution in [2.75, 3.05) is 0 Å². The summed E-state index contributed by atoms with van der Waals surface area (Å²) in [7, 11) is 0. The summed E-state index contributed by atoms with van der Waals surface area (Å²) in [6.45, 7) is 1.70. The first-order valence-electron chi connectivity index (χ1n) is 9.64. The van der Waals surface area contributed by atoms with E-state index in [1.165, 1.54) is 0 Å². The summed E-state index contributed by atoms with van der Waals surface area (Å²) in [4.78, 5) is 25.6. The van der Waals surface area contributed by atoms with Crippen LogP contribution in [0.15, 0.2) is 54.6 Å². The Morgan fingerprint density at radius 1 is 1.10 bits per heavy atom. The summed E-state index contributed by atoms with van der Waals surface area (Å²) in [6, 6.07) is 12.6. The van der Waals surface area contributed by atoms with Gasteiger partial charge in [-0.05, 0) is 71.5 Å². The molecule has 2 aliphatic carbocycles. The molecule has 1 heterocycles. The number of carbonyl (C=O) groups excluding carboxylic acids is 2. The number of fused-ring (bicyclic) bond motifs is 3. The molecule has 3 aliphatic rings. The molecule has 148 valence electrons. The van der Waals surface area contributed by atoms with Crippen LogP contribution in [0, 0.1) is 21.3 Å². The topological polar surface area (TPSA) is 61.8 Å². The molecule has 0 spiro atoms. The van der Waals surface area contributed by atoms with Crippen LogP contribution in [-0.4, -0.2) is 11.9 Å². The average molecular weight is 502 g/mol. The van der Waals surface area contributed by atoms with Crippen molar-refractivity contribution in [1.82, 2.24) is 0 Å². The van der Waals surface area contributed by atoms with Gasteiger partial charge in [0.05, 0.1) is 5.92 Å². The molecule has 5 nitrogen and oxygen atoms in total. The lowest BCUT2D eigenvalue weighted by Crippen LogP contribution is -2.39. The van der Waals surface area contributed by atoms with Gasteiger partial charge in [-0.3, -0.25) is 4.79 Å². The van der Waals surface area contributed by atoms with Crippen LogP contribution in [-0.2, 0) is 15.3 Å². The summed E-state index contributed by atoms with van der Waals surface area (Å²) in [6.07, 6.45) is 6.09. The zero-order valence-corrected chi connectivity index (χ0v) is 17.9. The van der Waals surface area contributed by atoms with Gasteiger partial charge >= 0.3 is 11.9 Å². The molecule has 4 atom stereocenters. The van der Waals surface area contributed by atoms with Gasteiger partial charge in [-0.15, -0.1) is 0 Å². The van der Waals surface area contributed by atoms with E-state index >= 15 is 0 Å². The minimum Gasteiger partial charge on any atom is -0.447 e. The van der Waals surface area contributed by atoms with Crippen molar-refractivity contribution in [2.24, 2.45) is 17.8 Å². The van der Waals surface area contributed by atoms with E-state index in [4.69, 9.17) is 14.2 Å². The third-order valence-corrected chi connectivity index (χ3v) is 6.66. The molecular weight excluding hydrogens is 483 g/mol. The lowest BCUT2D eigenvalue weighted by atomic mass is 9.94. The van der Waals surface area contributed by atoms with E-state index in [0.29, 0.717) is 11.7 Å². The first kappa shape index (κ1) is 18.7. The Hall–Kier alpha value is -2.35. The van der Waals surface area contributed by atoms with Crippen molar-refractivity contribution in [3.63, 3.8) is 0 Å². The number of halogens is 1. The van der Waals surface area contributed by atoms with Gasteiger partial charge in [0.2, 0.25) is 0 Å². The number of rotatable bonds is 3. The van der Waals surface area contributed by atoms with Gasteiger partial charge in [0.1, 0.15) is 17.1 Å². The maximum atomic E-state index is 12.9. The van der Waals surface area contributed by atoms with Gasteiger partial charge in [0.25, 0.3) is 5.79 Å². The Balaban J connectivity index is 1.42. The Morgan fingerprint density at radius 3 is 2.59 bits per heavy atom. The molecule has 0 radical (unpaired) electrons. The van der Waals surface area contributed by atoms with Crippen molar-refractivity contribution in [1.29, 1.82) is 0 Å². The summed E-state index contributed by atoms with van der Waals surface area (Å²) in [5.74, 6) is -1.03. The molecule has 0 amide bonds. The van der Waals surface area contributed by atoms with Crippen LogP contribution >= 0.6 is 22.6 Å². The molecule has 0 aromatic heterocycles. The van der Waals surface area contributed by atoms with Crippen molar-refractivity contribution < 1.29 is 23.8 Å². The highest BCUT2D eigenvalue weighted by Gasteiger charge is 2.44. The van der Waals surface area contributed by atoms with Crippen molar-refractivity contribution in [2.45, 2.75) is 25.6 Å². The van der Waals surface area contributed by atoms with E-state index < -0.39 is 11.8 Å². The lowest BCUT2D eigenvalue weighted by Gasteiger charge is -2.35. The van der Waals surface area contributed by atoms with Gasteiger partial charge in [-0.1, -0.05) is 30.4 Å². The monoisotopic (exact) mass is 502 g/mol. The third-order valence-electron chi connectivity index (χ3n) is 5.95. The first-order valence-corrected chi connectivity index (χ1v) is 10.7. The van der Waals surface area contributed by atoms with Crippen LogP contribution in [0.3, 0.4) is 0 Å². The molecule has 5 rings (SSSR count). The Labute approximate surface area is 182 Å². The second kappa shape index (κ2) is 6.86. The smallest absolute Gasteiger partial charge is 0.349 e. The second-order valence-electron chi connectivity index (χ2n) is 7.88. The number of carbonyl (C=O) groups is 2. The normalized spacial score (nSPS) is 29.2. The third kappa shape index (κ3) is 3.23. The number of hydrogen-bond acceptors (Lipinski definition) is 5. The molecule has 1 aliphatic heterocycles. The summed E-state index contributed by atoms with van der Waals surface area (Å²) in [5.41, 5.74) is 0.885. The highest BCUT2D eigenvalue weighted by Crippen LogP contribution is 2.45. The second-order valence-corrected chi connectivity index (χ2v) is 9.13. The Bertz CT molecular complexity index is 1030. The van der Waals surface area contributed by atoms with Gasteiger partial charge in [-0.2, -0.15) is 0 Å². The summed E-state index contributed by atoms with van der Waals surface area (Å²) >= 11 is 2.21. The highest BCUT2D eigenvalue weighted by atomic mass is 127.